The van der Waals surface area contributed by atoms with E-state index >= 15 is 0 Å². The van der Waals surface area contributed by atoms with E-state index in [1.165, 1.54) is 32.1 Å². The Hall–Kier alpha value is -1.84. The molecule has 0 heterocycles. The number of nitrogens with one attached hydrogen (secondary N) is 2. The van der Waals surface area contributed by atoms with Crippen LogP contribution in [0, 0.1) is 5.92 Å². The van der Waals surface area contributed by atoms with Gasteiger partial charge in [0.25, 0.3) is 5.91 Å². The zero-order valence-electron chi connectivity index (χ0n) is 14.2. The van der Waals surface area contributed by atoms with Gasteiger partial charge in [-0.25, -0.2) is 0 Å². The summed E-state index contributed by atoms with van der Waals surface area (Å²) < 4.78 is 0. The standard InChI is InChI=1S/C19H28N2O2/c1-14(2)18(22)20-17-12-10-15(11-13-17)19(23)21-16-8-6-4-3-5-7-9-16/h10-14,16H,3-9H2,1-2H3,(H,20,22)(H,21,23). The van der Waals surface area contributed by atoms with Crippen molar-refractivity contribution in [2.45, 2.75) is 64.8 Å². The lowest BCUT2D eigenvalue weighted by atomic mass is 9.96. The second kappa shape index (κ2) is 8.70. The lowest BCUT2D eigenvalue weighted by Crippen LogP contribution is -2.35. The predicted molar refractivity (Wildman–Crippen MR) is 93.5 cm³/mol. The van der Waals surface area contributed by atoms with Crippen LogP contribution in [0.1, 0.15) is 69.2 Å². The van der Waals surface area contributed by atoms with Crippen LogP contribution in [-0.2, 0) is 4.79 Å². The maximum absolute atomic E-state index is 12.4. The van der Waals surface area contributed by atoms with Gasteiger partial charge in [-0.2, -0.15) is 0 Å². The first-order chi connectivity index (χ1) is 11.1. The Kier molecular flexibility index (Phi) is 6.63. The molecule has 1 aliphatic carbocycles. The summed E-state index contributed by atoms with van der Waals surface area (Å²) in [5.74, 6) is -0.0914. The zero-order valence-corrected chi connectivity index (χ0v) is 14.2. The highest BCUT2D eigenvalue weighted by Gasteiger charge is 2.15. The molecule has 0 aliphatic heterocycles. The maximum atomic E-state index is 12.4. The van der Waals surface area contributed by atoms with Crippen molar-refractivity contribution in [3.63, 3.8) is 0 Å². The van der Waals surface area contributed by atoms with Crippen LogP contribution < -0.4 is 10.6 Å². The van der Waals surface area contributed by atoms with Gasteiger partial charge in [0, 0.05) is 23.2 Å². The summed E-state index contributed by atoms with van der Waals surface area (Å²) in [5, 5.41) is 5.99. The van der Waals surface area contributed by atoms with E-state index in [0.717, 1.165) is 18.5 Å². The van der Waals surface area contributed by atoms with Crippen LogP contribution >= 0.6 is 0 Å². The van der Waals surface area contributed by atoms with E-state index in [4.69, 9.17) is 0 Å². The van der Waals surface area contributed by atoms with Gasteiger partial charge in [0.1, 0.15) is 0 Å². The third-order valence-electron chi connectivity index (χ3n) is 4.38. The minimum absolute atomic E-state index is 0.0164. The Labute approximate surface area is 139 Å². The molecule has 4 heteroatoms. The van der Waals surface area contributed by atoms with Crippen LogP contribution in [0.3, 0.4) is 0 Å². The van der Waals surface area contributed by atoms with Crippen molar-refractivity contribution in [2.75, 3.05) is 5.32 Å². The van der Waals surface area contributed by atoms with Gasteiger partial charge in [0.15, 0.2) is 0 Å². The number of benzene rings is 1. The van der Waals surface area contributed by atoms with Gasteiger partial charge < -0.3 is 10.6 Å². The normalized spacial score (nSPS) is 16.5. The van der Waals surface area contributed by atoms with Crippen LogP contribution in [-0.4, -0.2) is 17.9 Å². The Morgan fingerprint density at radius 3 is 2.09 bits per heavy atom. The van der Waals surface area contributed by atoms with Crippen molar-refractivity contribution >= 4 is 17.5 Å². The highest BCUT2D eigenvalue weighted by Crippen LogP contribution is 2.18. The lowest BCUT2D eigenvalue weighted by Gasteiger charge is -2.21. The molecule has 2 rings (SSSR count). The van der Waals surface area contributed by atoms with Crippen molar-refractivity contribution in [3.05, 3.63) is 29.8 Å². The minimum atomic E-state index is -0.0581. The van der Waals surface area contributed by atoms with E-state index < -0.39 is 0 Å². The minimum Gasteiger partial charge on any atom is -0.349 e. The van der Waals surface area contributed by atoms with E-state index in [9.17, 15) is 9.59 Å². The van der Waals surface area contributed by atoms with E-state index in [0.29, 0.717) is 11.6 Å². The van der Waals surface area contributed by atoms with Crippen molar-refractivity contribution in [1.82, 2.24) is 5.32 Å². The second-order valence-electron chi connectivity index (χ2n) is 6.74. The number of carbonyl (C=O) groups is 2. The monoisotopic (exact) mass is 316 g/mol. The van der Waals surface area contributed by atoms with Crippen LogP contribution in [0.2, 0.25) is 0 Å². The van der Waals surface area contributed by atoms with E-state index in [1.54, 1.807) is 24.3 Å². The second-order valence-corrected chi connectivity index (χ2v) is 6.74. The lowest BCUT2D eigenvalue weighted by molar-refractivity contribution is -0.118. The molecule has 0 radical (unpaired) electrons. The fourth-order valence-electron chi connectivity index (χ4n) is 2.86. The molecule has 1 aromatic carbocycles. The molecule has 1 fully saturated rings. The molecule has 0 spiro atoms. The summed E-state index contributed by atoms with van der Waals surface area (Å²) in [7, 11) is 0. The van der Waals surface area contributed by atoms with Gasteiger partial charge in [0.2, 0.25) is 5.91 Å². The molecule has 1 saturated carbocycles. The fourth-order valence-corrected chi connectivity index (χ4v) is 2.86. The predicted octanol–water partition coefficient (Wildman–Crippen LogP) is 4.12. The first-order valence-corrected chi connectivity index (χ1v) is 8.78. The fraction of sp³-hybridized carbons (Fsp3) is 0.579. The van der Waals surface area contributed by atoms with Gasteiger partial charge in [-0.3, -0.25) is 9.59 Å². The summed E-state index contributed by atoms with van der Waals surface area (Å²) in [4.78, 5) is 24.0. The molecule has 2 amide bonds. The molecule has 23 heavy (non-hydrogen) atoms. The number of amides is 2. The van der Waals surface area contributed by atoms with Gasteiger partial charge in [-0.15, -0.1) is 0 Å². The Morgan fingerprint density at radius 1 is 0.957 bits per heavy atom. The smallest absolute Gasteiger partial charge is 0.251 e. The van der Waals surface area contributed by atoms with Crippen molar-refractivity contribution in [3.8, 4) is 0 Å². The molecule has 1 aromatic rings. The molecule has 4 nitrogen and oxygen atoms in total. The summed E-state index contributed by atoms with van der Waals surface area (Å²) in [6.45, 7) is 3.71. The SMILES string of the molecule is CC(C)C(=O)Nc1ccc(C(=O)NC2CCCCCCC2)cc1. The molecule has 0 saturated heterocycles. The quantitative estimate of drug-likeness (QED) is 0.877. The third-order valence-corrected chi connectivity index (χ3v) is 4.38. The number of anilines is 1. The first-order valence-electron chi connectivity index (χ1n) is 8.78. The van der Waals surface area contributed by atoms with Gasteiger partial charge in [0.05, 0.1) is 0 Å². The summed E-state index contributed by atoms with van der Waals surface area (Å²) in [6, 6.07) is 7.41. The summed E-state index contributed by atoms with van der Waals surface area (Å²) in [5.41, 5.74) is 1.38. The van der Waals surface area contributed by atoms with E-state index in [1.807, 2.05) is 13.8 Å². The maximum Gasteiger partial charge on any atom is 0.251 e. The molecule has 0 aromatic heterocycles. The first kappa shape index (κ1) is 17.5. The Bertz CT molecular complexity index is 515. The Morgan fingerprint density at radius 2 is 1.52 bits per heavy atom. The van der Waals surface area contributed by atoms with Gasteiger partial charge >= 0.3 is 0 Å². The summed E-state index contributed by atoms with van der Waals surface area (Å²) in [6.07, 6.45) is 8.43. The van der Waals surface area contributed by atoms with Crippen LogP contribution in [0.5, 0.6) is 0 Å². The van der Waals surface area contributed by atoms with Crippen LogP contribution in [0.15, 0.2) is 24.3 Å². The van der Waals surface area contributed by atoms with Crippen LogP contribution in [0.4, 0.5) is 5.69 Å². The average Bonchev–Trinajstić information content (AvgIpc) is 2.50. The molecule has 0 atom stereocenters. The van der Waals surface area contributed by atoms with Crippen LogP contribution in [0.25, 0.3) is 0 Å². The number of hydrogen-bond acceptors (Lipinski definition) is 2. The number of rotatable bonds is 4. The molecule has 126 valence electrons. The van der Waals surface area contributed by atoms with Gasteiger partial charge in [-0.05, 0) is 37.1 Å². The number of carbonyl (C=O) groups excluding carboxylic acids is 2. The average molecular weight is 316 g/mol. The van der Waals surface area contributed by atoms with E-state index in [-0.39, 0.29) is 17.7 Å². The zero-order chi connectivity index (χ0) is 16.7. The largest absolute Gasteiger partial charge is 0.349 e. The molecular formula is C19H28N2O2. The topological polar surface area (TPSA) is 58.2 Å². The molecule has 0 unspecified atom stereocenters. The van der Waals surface area contributed by atoms with Gasteiger partial charge in [-0.1, -0.05) is 46.0 Å². The highest BCUT2D eigenvalue weighted by molar-refractivity contribution is 5.96. The van der Waals surface area contributed by atoms with Crippen molar-refractivity contribution in [1.29, 1.82) is 0 Å². The highest BCUT2D eigenvalue weighted by atomic mass is 16.2. The number of hydrogen-bond donors (Lipinski definition) is 2. The van der Waals surface area contributed by atoms with Crippen molar-refractivity contribution < 1.29 is 9.59 Å². The Balaban J connectivity index is 1.90. The van der Waals surface area contributed by atoms with Crippen molar-refractivity contribution in [2.24, 2.45) is 5.92 Å². The van der Waals surface area contributed by atoms with E-state index in [2.05, 4.69) is 10.6 Å². The molecular weight excluding hydrogens is 288 g/mol. The molecule has 0 bridgehead atoms. The third kappa shape index (κ3) is 5.70. The molecule has 1 aliphatic rings. The molecule has 2 N–H and O–H groups in total. The summed E-state index contributed by atoms with van der Waals surface area (Å²) >= 11 is 0.